The largest absolute Gasteiger partial charge is 0.472 e. The summed E-state index contributed by atoms with van der Waals surface area (Å²) in [6.45, 7) is 3.57. The zero-order valence-corrected chi connectivity index (χ0v) is 27.8. The number of nitrogens with two attached hydrogens (primary N) is 1. The molecule has 2 atom stereocenters. The molecule has 0 aromatic carbocycles. The van der Waals surface area contributed by atoms with Crippen molar-refractivity contribution in [1.29, 1.82) is 0 Å². The topological polar surface area (TPSA) is 134 Å². The summed E-state index contributed by atoms with van der Waals surface area (Å²) >= 11 is 0. The monoisotopic (exact) mass is 629 g/mol. The van der Waals surface area contributed by atoms with E-state index in [0.29, 0.717) is 6.42 Å². The second kappa shape index (κ2) is 30.3. The first kappa shape index (κ1) is 41.2. The van der Waals surface area contributed by atoms with Gasteiger partial charge in [0.15, 0.2) is 6.10 Å². The van der Waals surface area contributed by atoms with Crippen LogP contribution in [-0.4, -0.2) is 49.3 Å². The molecule has 10 heteroatoms. The van der Waals surface area contributed by atoms with Crippen molar-refractivity contribution in [2.24, 2.45) is 5.73 Å². The lowest BCUT2D eigenvalue weighted by atomic mass is 10.1. The summed E-state index contributed by atoms with van der Waals surface area (Å²) in [6.07, 6.45) is 29.1. The van der Waals surface area contributed by atoms with E-state index in [9.17, 15) is 19.0 Å². The molecule has 0 heterocycles. The fraction of sp³-hybridized carbons (Fsp3) is 0.758. The predicted molar refractivity (Wildman–Crippen MR) is 173 cm³/mol. The molecule has 0 aromatic rings. The molecule has 250 valence electrons. The van der Waals surface area contributed by atoms with Crippen LogP contribution in [0.25, 0.3) is 0 Å². The third-order valence-electron chi connectivity index (χ3n) is 6.53. The summed E-state index contributed by atoms with van der Waals surface area (Å²) in [5.41, 5.74) is 5.30. The van der Waals surface area contributed by atoms with Crippen LogP contribution in [-0.2, 0) is 32.7 Å². The highest BCUT2D eigenvalue weighted by molar-refractivity contribution is 7.47. The van der Waals surface area contributed by atoms with Crippen molar-refractivity contribution in [3.63, 3.8) is 0 Å². The Balaban J connectivity index is 4.36. The Morgan fingerprint density at radius 3 is 1.84 bits per heavy atom. The summed E-state index contributed by atoms with van der Waals surface area (Å²) in [6, 6.07) is 0. The fourth-order valence-electron chi connectivity index (χ4n) is 4.05. The van der Waals surface area contributed by atoms with Crippen molar-refractivity contribution in [1.82, 2.24) is 0 Å². The van der Waals surface area contributed by atoms with Gasteiger partial charge >= 0.3 is 19.8 Å². The number of phosphoric ester groups is 1. The highest BCUT2D eigenvalue weighted by Crippen LogP contribution is 2.43. The number of phosphoric acid groups is 1. The molecule has 0 rings (SSSR count). The maximum atomic E-state index is 12.4. The summed E-state index contributed by atoms with van der Waals surface area (Å²) in [4.78, 5) is 34.4. The molecule has 0 aliphatic carbocycles. The third-order valence-corrected chi connectivity index (χ3v) is 7.51. The van der Waals surface area contributed by atoms with E-state index in [0.717, 1.165) is 57.8 Å². The lowest BCUT2D eigenvalue weighted by Crippen LogP contribution is -2.29. The van der Waals surface area contributed by atoms with Gasteiger partial charge in [0.2, 0.25) is 0 Å². The molecule has 0 radical (unpaired) electrons. The second-order valence-electron chi connectivity index (χ2n) is 10.7. The molecule has 9 nitrogen and oxygen atoms in total. The molecule has 0 aliphatic rings. The van der Waals surface area contributed by atoms with Crippen LogP contribution in [0.3, 0.4) is 0 Å². The Labute approximate surface area is 261 Å². The predicted octanol–water partition coefficient (Wildman–Crippen LogP) is 8.26. The van der Waals surface area contributed by atoms with Crippen molar-refractivity contribution < 1.29 is 37.6 Å². The van der Waals surface area contributed by atoms with Crippen molar-refractivity contribution in [2.75, 3.05) is 26.4 Å². The first-order chi connectivity index (χ1) is 20.8. The molecular weight excluding hydrogens is 569 g/mol. The van der Waals surface area contributed by atoms with Crippen LogP contribution in [0.4, 0.5) is 0 Å². The highest BCUT2D eigenvalue weighted by atomic mass is 31.2. The first-order valence-corrected chi connectivity index (χ1v) is 18.0. The summed E-state index contributed by atoms with van der Waals surface area (Å²) in [7, 11) is -4.37. The van der Waals surface area contributed by atoms with Gasteiger partial charge in [-0.1, -0.05) is 102 Å². The number of carbonyl (C=O) groups excluding carboxylic acids is 2. The van der Waals surface area contributed by atoms with Gasteiger partial charge in [0, 0.05) is 19.4 Å². The SMILES string of the molecule is CCCCC/C=C/C/C=C/C/C=C/CCCCC(=O)O[C@H](COC(=O)CCCCCCCCC)COP(=O)(O)OCCN. The van der Waals surface area contributed by atoms with Crippen LogP contribution in [0.1, 0.15) is 129 Å². The normalized spacial score (nSPS) is 14.0. The van der Waals surface area contributed by atoms with Crippen LogP contribution >= 0.6 is 7.82 Å². The number of rotatable bonds is 30. The van der Waals surface area contributed by atoms with Crippen molar-refractivity contribution in [3.05, 3.63) is 36.5 Å². The Hall–Kier alpha value is -1.77. The van der Waals surface area contributed by atoms with Crippen LogP contribution < -0.4 is 5.73 Å². The zero-order chi connectivity index (χ0) is 31.9. The second-order valence-corrected chi connectivity index (χ2v) is 12.1. The van der Waals surface area contributed by atoms with Gasteiger partial charge in [0.05, 0.1) is 13.2 Å². The third kappa shape index (κ3) is 30.1. The van der Waals surface area contributed by atoms with Gasteiger partial charge in [-0.15, -0.1) is 0 Å². The Morgan fingerprint density at radius 1 is 0.698 bits per heavy atom. The summed E-state index contributed by atoms with van der Waals surface area (Å²) < 4.78 is 32.4. The minimum absolute atomic E-state index is 0.0469. The maximum Gasteiger partial charge on any atom is 0.472 e. The van der Waals surface area contributed by atoms with Gasteiger partial charge in [-0.25, -0.2) is 4.57 Å². The minimum atomic E-state index is -4.37. The Morgan fingerprint density at radius 2 is 1.21 bits per heavy atom. The van der Waals surface area contributed by atoms with Gasteiger partial charge in [-0.2, -0.15) is 0 Å². The molecule has 1 unspecified atom stereocenters. The van der Waals surface area contributed by atoms with Crippen LogP contribution in [0.2, 0.25) is 0 Å². The number of hydrogen-bond donors (Lipinski definition) is 2. The average Bonchev–Trinajstić information content (AvgIpc) is 2.99. The van der Waals surface area contributed by atoms with Crippen LogP contribution in [0, 0.1) is 0 Å². The van der Waals surface area contributed by atoms with E-state index in [1.165, 1.54) is 38.5 Å². The van der Waals surface area contributed by atoms with Gasteiger partial charge in [0.25, 0.3) is 0 Å². The summed E-state index contributed by atoms with van der Waals surface area (Å²) in [5.74, 6) is -0.885. The van der Waals surface area contributed by atoms with Crippen molar-refractivity contribution in [3.8, 4) is 0 Å². The van der Waals surface area contributed by atoms with Crippen LogP contribution in [0.15, 0.2) is 36.5 Å². The smallest absolute Gasteiger partial charge is 0.462 e. The van der Waals surface area contributed by atoms with E-state index >= 15 is 0 Å². The van der Waals surface area contributed by atoms with Gasteiger partial charge in [-0.05, 0) is 51.4 Å². The Kier molecular flexibility index (Phi) is 29.0. The fourth-order valence-corrected chi connectivity index (χ4v) is 4.81. The number of unbranched alkanes of at least 4 members (excludes halogenated alkanes) is 11. The molecule has 0 saturated heterocycles. The number of carbonyl (C=O) groups is 2. The Bertz CT molecular complexity index is 815. The van der Waals surface area contributed by atoms with E-state index in [4.69, 9.17) is 24.3 Å². The molecule has 0 saturated carbocycles. The molecular formula is C33H60NO8P. The average molecular weight is 630 g/mol. The number of allylic oxidation sites excluding steroid dienone is 6. The van der Waals surface area contributed by atoms with E-state index in [2.05, 4.69) is 50.3 Å². The quantitative estimate of drug-likeness (QED) is 0.0348. The molecule has 0 amide bonds. The van der Waals surface area contributed by atoms with E-state index in [1.54, 1.807) is 0 Å². The molecule has 0 spiro atoms. The van der Waals surface area contributed by atoms with E-state index < -0.39 is 32.5 Å². The molecule has 0 fully saturated rings. The van der Waals surface area contributed by atoms with Gasteiger partial charge in [-0.3, -0.25) is 18.6 Å². The van der Waals surface area contributed by atoms with E-state index in [-0.39, 0.29) is 32.6 Å². The summed E-state index contributed by atoms with van der Waals surface area (Å²) in [5, 5.41) is 0. The lowest BCUT2D eigenvalue weighted by molar-refractivity contribution is -0.161. The van der Waals surface area contributed by atoms with Gasteiger partial charge in [0.1, 0.15) is 6.61 Å². The number of esters is 2. The minimum Gasteiger partial charge on any atom is -0.462 e. The lowest BCUT2D eigenvalue weighted by Gasteiger charge is -2.19. The zero-order valence-electron chi connectivity index (χ0n) is 26.9. The molecule has 3 N–H and O–H groups in total. The van der Waals surface area contributed by atoms with Crippen molar-refractivity contribution >= 4 is 19.8 Å². The molecule has 0 bridgehead atoms. The van der Waals surface area contributed by atoms with Gasteiger partial charge < -0.3 is 20.1 Å². The molecule has 0 aromatic heterocycles. The van der Waals surface area contributed by atoms with Crippen LogP contribution in [0.5, 0.6) is 0 Å². The molecule has 0 aliphatic heterocycles. The number of hydrogen-bond acceptors (Lipinski definition) is 8. The molecule has 43 heavy (non-hydrogen) atoms. The highest BCUT2D eigenvalue weighted by Gasteiger charge is 2.25. The standard InChI is InChI=1S/C33H60NO8P/c1-3-5-7-9-11-12-13-14-15-16-17-18-20-22-24-26-33(36)42-31(30-41-43(37,38)40-28-27-34)29-39-32(35)25-23-21-19-10-8-6-4-2/h11-12,14-15,17-18,31H,3-10,13,16,19-30,34H2,1-2H3,(H,37,38)/b12-11+,15-14+,18-17+/t31-/m1/s1. The first-order valence-electron chi connectivity index (χ1n) is 16.5. The number of ether oxygens (including phenoxy) is 2. The van der Waals surface area contributed by atoms with Crippen molar-refractivity contribution in [2.45, 2.75) is 136 Å². The maximum absolute atomic E-state index is 12.4. The van der Waals surface area contributed by atoms with E-state index in [1.807, 2.05) is 0 Å².